The summed E-state index contributed by atoms with van der Waals surface area (Å²) < 4.78 is 6.16. The number of carbonyl (C=O) groups is 1. The molecule has 2 aromatic carbocycles. The molecule has 1 amide bonds. The van der Waals surface area contributed by atoms with Gasteiger partial charge in [0.15, 0.2) is 0 Å². The number of fused-ring (bicyclic) bond motifs is 1. The normalized spacial score (nSPS) is 18.0. The predicted molar refractivity (Wildman–Crippen MR) is 134 cm³/mol. The number of hydrazine groups is 1. The van der Waals surface area contributed by atoms with Gasteiger partial charge in [0.25, 0.3) is 5.91 Å². The lowest BCUT2D eigenvalue weighted by Gasteiger charge is -2.24. The lowest BCUT2D eigenvalue weighted by atomic mass is 10.0. The summed E-state index contributed by atoms with van der Waals surface area (Å²) in [6.45, 7) is 6.01. The van der Waals surface area contributed by atoms with Gasteiger partial charge in [-0.3, -0.25) is 9.78 Å². The first kappa shape index (κ1) is 22.4. The second-order valence-corrected chi connectivity index (χ2v) is 9.14. The number of anilines is 1. The third-order valence-corrected chi connectivity index (χ3v) is 6.63. The first-order chi connectivity index (χ1) is 16.5. The van der Waals surface area contributed by atoms with Crippen molar-refractivity contribution in [3.8, 4) is 22.8 Å². The number of amides is 1. The summed E-state index contributed by atoms with van der Waals surface area (Å²) in [5.74, 6) is 1.49. The number of aryl methyl sites for hydroxylation is 1. The Bertz CT molecular complexity index is 1210. The topological polar surface area (TPSA) is 78.5 Å². The molecule has 0 saturated carbocycles. The Morgan fingerprint density at radius 2 is 1.88 bits per heavy atom. The van der Waals surface area contributed by atoms with Gasteiger partial charge in [0, 0.05) is 42.5 Å². The minimum absolute atomic E-state index is 0.00798. The van der Waals surface area contributed by atoms with E-state index in [2.05, 4.69) is 34.0 Å². The number of benzene rings is 2. The third kappa shape index (κ3) is 4.62. The van der Waals surface area contributed by atoms with Crippen LogP contribution in [0.4, 0.5) is 5.69 Å². The monoisotopic (exact) mass is 457 g/mol. The number of nitrogens with zero attached hydrogens (tertiary/aromatic N) is 2. The quantitative estimate of drug-likeness (QED) is 0.529. The summed E-state index contributed by atoms with van der Waals surface area (Å²) in [6, 6.07) is 16.3. The second kappa shape index (κ2) is 9.44. The van der Waals surface area contributed by atoms with Gasteiger partial charge in [-0.25, -0.2) is 5.43 Å². The lowest BCUT2D eigenvalue weighted by molar-refractivity contribution is 0.0929. The van der Waals surface area contributed by atoms with E-state index in [1.807, 2.05) is 61.4 Å². The van der Waals surface area contributed by atoms with Crippen LogP contribution in [0.3, 0.4) is 0 Å². The number of hydrogen-bond donors (Lipinski definition) is 3. The Morgan fingerprint density at radius 1 is 1.09 bits per heavy atom. The van der Waals surface area contributed by atoms with Gasteiger partial charge in [0.2, 0.25) is 0 Å². The fourth-order valence-corrected chi connectivity index (χ4v) is 4.75. The van der Waals surface area contributed by atoms with Gasteiger partial charge in [-0.15, -0.1) is 0 Å². The molecule has 5 rings (SSSR count). The minimum atomic E-state index is -0.00798. The van der Waals surface area contributed by atoms with E-state index in [0.29, 0.717) is 5.56 Å². The first-order valence-electron chi connectivity index (χ1n) is 11.9. The van der Waals surface area contributed by atoms with Crippen LogP contribution in [0.5, 0.6) is 11.5 Å². The zero-order valence-corrected chi connectivity index (χ0v) is 19.9. The summed E-state index contributed by atoms with van der Waals surface area (Å²) in [5.41, 5.74) is 9.15. The van der Waals surface area contributed by atoms with Crippen molar-refractivity contribution in [2.24, 2.45) is 0 Å². The zero-order valence-electron chi connectivity index (χ0n) is 19.9. The number of piperidine rings is 1. The van der Waals surface area contributed by atoms with Gasteiger partial charge < -0.3 is 20.4 Å². The Kier molecular flexibility index (Phi) is 6.22. The van der Waals surface area contributed by atoms with Gasteiger partial charge in [0.05, 0.1) is 17.4 Å². The Labute approximate surface area is 200 Å². The van der Waals surface area contributed by atoms with Crippen molar-refractivity contribution in [3.05, 3.63) is 71.4 Å². The van der Waals surface area contributed by atoms with Crippen LogP contribution in [0.25, 0.3) is 11.3 Å². The molecular formula is C27H31N5O2. The molecule has 1 aromatic heterocycles. The van der Waals surface area contributed by atoms with Crippen LogP contribution >= 0.6 is 0 Å². The van der Waals surface area contributed by atoms with E-state index in [1.165, 1.54) is 5.56 Å². The molecule has 3 N–H and O–H groups in total. The Hall–Kier alpha value is -3.42. The molecule has 1 atom stereocenters. The van der Waals surface area contributed by atoms with Gasteiger partial charge >= 0.3 is 0 Å². The molecule has 0 radical (unpaired) electrons. The molecule has 176 valence electrons. The molecule has 0 aliphatic carbocycles. The highest BCUT2D eigenvalue weighted by Crippen LogP contribution is 2.36. The summed E-state index contributed by atoms with van der Waals surface area (Å²) >= 11 is 0. The van der Waals surface area contributed by atoms with Crippen LogP contribution in [0.1, 0.15) is 47.3 Å². The highest BCUT2D eigenvalue weighted by atomic mass is 16.5. The number of aromatic nitrogens is 1. The number of nitrogens with one attached hydrogen (secondary N) is 3. The van der Waals surface area contributed by atoms with E-state index < -0.39 is 0 Å². The molecule has 2 aliphatic heterocycles. The number of hydrogen-bond acceptors (Lipinski definition) is 6. The largest absolute Gasteiger partial charge is 0.457 e. The van der Waals surface area contributed by atoms with Crippen molar-refractivity contribution in [1.29, 1.82) is 0 Å². The highest BCUT2D eigenvalue weighted by Gasteiger charge is 2.23. The molecule has 7 heteroatoms. The van der Waals surface area contributed by atoms with Crippen LogP contribution in [0.15, 0.2) is 54.7 Å². The predicted octanol–water partition coefficient (Wildman–Crippen LogP) is 4.35. The summed E-state index contributed by atoms with van der Waals surface area (Å²) in [7, 11) is 2.01. The molecule has 0 spiro atoms. The van der Waals surface area contributed by atoms with E-state index in [-0.39, 0.29) is 18.0 Å². The summed E-state index contributed by atoms with van der Waals surface area (Å²) in [5, 5.41) is 8.52. The van der Waals surface area contributed by atoms with Crippen molar-refractivity contribution in [1.82, 2.24) is 21.0 Å². The van der Waals surface area contributed by atoms with E-state index in [4.69, 9.17) is 4.74 Å². The smallest absolute Gasteiger partial charge is 0.251 e. The van der Waals surface area contributed by atoms with E-state index in [0.717, 1.165) is 59.9 Å². The molecule has 34 heavy (non-hydrogen) atoms. The first-order valence-corrected chi connectivity index (χ1v) is 11.9. The van der Waals surface area contributed by atoms with E-state index >= 15 is 0 Å². The molecule has 7 nitrogen and oxygen atoms in total. The number of ether oxygens (including phenoxy) is 1. The second-order valence-electron chi connectivity index (χ2n) is 9.14. The van der Waals surface area contributed by atoms with Crippen LogP contribution in [-0.4, -0.2) is 37.1 Å². The highest BCUT2D eigenvalue weighted by molar-refractivity contribution is 5.96. The maximum atomic E-state index is 12.8. The van der Waals surface area contributed by atoms with Gasteiger partial charge in [-0.05, 0) is 75.2 Å². The Morgan fingerprint density at radius 3 is 2.68 bits per heavy atom. The minimum Gasteiger partial charge on any atom is -0.457 e. The summed E-state index contributed by atoms with van der Waals surface area (Å²) in [4.78, 5) is 17.3. The van der Waals surface area contributed by atoms with Gasteiger partial charge in [0.1, 0.15) is 11.5 Å². The van der Waals surface area contributed by atoms with Crippen LogP contribution < -0.4 is 25.8 Å². The molecule has 3 heterocycles. The van der Waals surface area contributed by atoms with E-state index in [1.54, 1.807) is 6.20 Å². The third-order valence-electron chi connectivity index (χ3n) is 6.63. The molecule has 1 fully saturated rings. The molecule has 3 aromatic rings. The fraction of sp³-hybridized carbons (Fsp3) is 0.333. The maximum absolute atomic E-state index is 12.8. The molecule has 1 saturated heterocycles. The number of carbonyl (C=O) groups excluding carboxylic acids is 1. The summed E-state index contributed by atoms with van der Waals surface area (Å²) in [6.07, 6.45) is 3.69. The van der Waals surface area contributed by atoms with Crippen LogP contribution in [0.2, 0.25) is 0 Å². The zero-order chi connectivity index (χ0) is 23.7. The van der Waals surface area contributed by atoms with Crippen LogP contribution in [-0.2, 0) is 0 Å². The lowest BCUT2D eigenvalue weighted by Crippen LogP contribution is -2.42. The maximum Gasteiger partial charge on any atom is 0.251 e. The van der Waals surface area contributed by atoms with Gasteiger partial charge in [-0.1, -0.05) is 12.1 Å². The molecule has 2 aliphatic rings. The van der Waals surface area contributed by atoms with Crippen LogP contribution in [0, 0.1) is 6.92 Å². The van der Waals surface area contributed by atoms with Crippen molar-refractivity contribution < 1.29 is 9.53 Å². The SMILES string of the molecule is Cc1cc(-c2cc(Oc3ccc4c(c3)N(C)NC4C)ccn2)ccc1C(=O)NC1CCNCC1. The molecule has 1 unspecified atom stereocenters. The number of pyridine rings is 1. The van der Waals surface area contributed by atoms with Crippen molar-refractivity contribution in [2.75, 3.05) is 25.1 Å². The van der Waals surface area contributed by atoms with Crippen molar-refractivity contribution in [2.45, 2.75) is 38.8 Å². The Balaban J connectivity index is 1.32. The standard InChI is InChI=1S/C27H31N5O2/c1-17-14-19(4-6-23(17)27(33)30-20-8-11-28-12-9-20)25-15-22(10-13-29-25)34-21-5-7-24-18(2)31-32(3)26(24)16-21/h4-7,10,13-16,18,20,28,31H,8-9,11-12H2,1-3H3,(H,30,33). The molecule has 0 bridgehead atoms. The molecular weight excluding hydrogens is 426 g/mol. The van der Waals surface area contributed by atoms with Crippen molar-refractivity contribution >= 4 is 11.6 Å². The fourth-order valence-electron chi connectivity index (χ4n) is 4.75. The van der Waals surface area contributed by atoms with Gasteiger partial charge in [-0.2, -0.15) is 0 Å². The van der Waals surface area contributed by atoms with E-state index in [9.17, 15) is 4.79 Å². The average Bonchev–Trinajstić information content (AvgIpc) is 3.12. The average molecular weight is 458 g/mol. The number of rotatable bonds is 5. The van der Waals surface area contributed by atoms with Crippen molar-refractivity contribution in [3.63, 3.8) is 0 Å².